The van der Waals surface area contributed by atoms with Gasteiger partial charge >= 0.3 is 6.61 Å². The summed E-state index contributed by atoms with van der Waals surface area (Å²) in [6, 6.07) is 12.6. The van der Waals surface area contributed by atoms with Crippen molar-refractivity contribution in [1.82, 2.24) is 14.9 Å². The molecule has 3 rings (SSSR count). The molecule has 0 aliphatic heterocycles. The molecule has 0 radical (unpaired) electrons. The lowest BCUT2D eigenvalue weighted by Gasteiger charge is -2.14. The second-order valence-electron chi connectivity index (χ2n) is 6.44. The van der Waals surface area contributed by atoms with E-state index in [1.165, 1.54) is 28.8 Å². The highest BCUT2D eigenvalue weighted by atomic mass is 32.2. The quantitative estimate of drug-likeness (QED) is 0.468. The minimum Gasteiger partial charge on any atom is -0.435 e. The first kappa shape index (κ1) is 20.8. The fourth-order valence-corrected chi connectivity index (χ4v) is 3.53. The van der Waals surface area contributed by atoms with E-state index in [1.807, 2.05) is 13.8 Å². The molecule has 2 aromatic carbocycles. The van der Waals surface area contributed by atoms with Gasteiger partial charge < -0.3 is 10.1 Å². The third-order valence-corrected chi connectivity index (χ3v) is 4.79. The number of thioether (sulfide) groups is 1. The van der Waals surface area contributed by atoms with Gasteiger partial charge in [0.15, 0.2) is 5.16 Å². The van der Waals surface area contributed by atoms with E-state index in [0.29, 0.717) is 21.7 Å². The van der Waals surface area contributed by atoms with Crippen LogP contribution in [0.25, 0.3) is 16.6 Å². The number of nitrogens with one attached hydrogen (secondary N) is 1. The summed E-state index contributed by atoms with van der Waals surface area (Å²) in [7, 11) is 0. The first-order chi connectivity index (χ1) is 13.8. The van der Waals surface area contributed by atoms with Gasteiger partial charge in [-0.1, -0.05) is 23.9 Å². The van der Waals surface area contributed by atoms with Gasteiger partial charge in [-0.25, -0.2) is 4.98 Å². The third kappa shape index (κ3) is 5.11. The molecular formula is C20H19F2N3O3S. The van der Waals surface area contributed by atoms with Crippen LogP contribution in [0.2, 0.25) is 0 Å². The number of rotatable bonds is 7. The Labute approximate surface area is 169 Å². The molecule has 0 aliphatic carbocycles. The van der Waals surface area contributed by atoms with Crippen LogP contribution in [0.3, 0.4) is 0 Å². The highest BCUT2D eigenvalue weighted by Gasteiger charge is 2.15. The first-order valence-corrected chi connectivity index (χ1v) is 9.83. The molecule has 29 heavy (non-hydrogen) atoms. The Balaban J connectivity index is 2.02. The van der Waals surface area contributed by atoms with Gasteiger partial charge in [-0.3, -0.25) is 14.2 Å². The van der Waals surface area contributed by atoms with Crippen molar-refractivity contribution in [3.63, 3.8) is 0 Å². The summed E-state index contributed by atoms with van der Waals surface area (Å²) in [6.45, 7) is 0.780. The van der Waals surface area contributed by atoms with Crippen LogP contribution in [0.15, 0.2) is 58.5 Å². The van der Waals surface area contributed by atoms with Crippen molar-refractivity contribution in [1.29, 1.82) is 0 Å². The van der Waals surface area contributed by atoms with E-state index in [0.717, 1.165) is 11.8 Å². The SMILES string of the molecule is CC(C)NC(=O)CSc1nc2ccccc2c(=O)n1-c1ccc(OC(F)F)cc1. The molecule has 1 amide bonds. The summed E-state index contributed by atoms with van der Waals surface area (Å²) in [4.78, 5) is 29.7. The normalized spacial score (nSPS) is 11.2. The molecule has 6 nitrogen and oxygen atoms in total. The number of ether oxygens (including phenoxy) is 1. The summed E-state index contributed by atoms with van der Waals surface area (Å²) in [5.41, 5.74) is 0.629. The number of carbonyl (C=O) groups is 1. The van der Waals surface area contributed by atoms with Crippen molar-refractivity contribution in [3.05, 3.63) is 58.9 Å². The molecule has 0 bridgehead atoms. The van der Waals surface area contributed by atoms with Gasteiger partial charge in [0.2, 0.25) is 5.91 Å². The van der Waals surface area contributed by atoms with Crippen LogP contribution < -0.4 is 15.6 Å². The van der Waals surface area contributed by atoms with E-state index in [9.17, 15) is 18.4 Å². The molecule has 0 saturated heterocycles. The maximum atomic E-state index is 13.1. The number of hydrogen-bond donors (Lipinski definition) is 1. The number of fused-ring (bicyclic) bond motifs is 1. The van der Waals surface area contributed by atoms with Crippen molar-refractivity contribution in [2.45, 2.75) is 31.7 Å². The van der Waals surface area contributed by atoms with Crippen molar-refractivity contribution in [2.75, 3.05) is 5.75 Å². The standard InChI is InChI=1S/C20H19F2N3O3S/c1-12(2)23-17(26)11-29-20-24-16-6-4-3-5-15(16)18(27)25(20)13-7-9-14(10-8-13)28-19(21)22/h3-10,12,19H,11H2,1-2H3,(H,23,26). The maximum Gasteiger partial charge on any atom is 0.387 e. The lowest BCUT2D eigenvalue weighted by Crippen LogP contribution is -2.32. The molecule has 9 heteroatoms. The smallest absolute Gasteiger partial charge is 0.387 e. The summed E-state index contributed by atoms with van der Waals surface area (Å²) >= 11 is 1.12. The molecule has 0 atom stereocenters. The zero-order valence-electron chi connectivity index (χ0n) is 15.8. The summed E-state index contributed by atoms with van der Waals surface area (Å²) < 4.78 is 30.5. The monoisotopic (exact) mass is 419 g/mol. The van der Waals surface area contributed by atoms with Crippen molar-refractivity contribution >= 4 is 28.6 Å². The number of amides is 1. The zero-order valence-corrected chi connectivity index (χ0v) is 16.6. The first-order valence-electron chi connectivity index (χ1n) is 8.84. The van der Waals surface area contributed by atoms with Gasteiger partial charge in [-0.2, -0.15) is 8.78 Å². The second kappa shape index (κ2) is 9.04. The van der Waals surface area contributed by atoms with Crippen LogP contribution in [0.5, 0.6) is 5.75 Å². The lowest BCUT2D eigenvalue weighted by molar-refractivity contribution is -0.119. The Morgan fingerprint density at radius 1 is 1.17 bits per heavy atom. The molecule has 0 saturated carbocycles. The van der Waals surface area contributed by atoms with Crippen molar-refractivity contribution < 1.29 is 18.3 Å². The Hall–Kier alpha value is -2.94. The fraction of sp³-hybridized carbons (Fsp3) is 0.250. The number of hydrogen-bond acceptors (Lipinski definition) is 5. The number of alkyl halides is 2. The average molecular weight is 419 g/mol. The van der Waals surface area contributed by atoms with Gasteiger partial charge in [0, 0.05) is 6.04 Å². The predicted molar refractivity (Wildman–Crippen MR) is 108 cm³/mol. The Kier molecular flexibility index (Phi) is 6.48. The molecular weight excluding hydrogens is 400 g/mol. The minimum absolute atomic E-state index is 0.00256. The Morgan fingerprint density at radius 3 is 2.52 bits per heavy atom. The fourth-order valence-electron chi connectivity index (χ4n) is 2.71. The topological polar surface area (TPSA) is 73.2 Å². The second-order valence-corrected chi connectivity index (χ2v) is 7.38. The van der Waals surface area contributed by atoms with Crippen molar-refractivity contribution in [3.8, 4) is 11.4 Å². The molecule has 1 heterocycles. The largest absolute Gasteiger partial charge is 0.435 e. The number of halogens is 2. The van der Waals surface area contributed by atoms with Gasteiger partial charge in [-0.05, 0) is 50.2 Å². The molecule has 0 aliphatic rings. The van der Waals surface area contributed by atoms with Crippen LogP contribution in [0, 0.1) is 0 Å². The molecule has 0 fully saturated rings. The van der Waals surface area contributed by atoms with E-state index in [-0.39, 0.29) is 29.0 Å². The van der Waals surface area contributed by atoms with E-state index in [1.54, 1.807) is 24.3 Å². The molecule has 152 valence electrons. The molecule has 0 unspecified atom stereocenters. The summed E-state index contributed by atoms with van der Waals surface area (Å²) in [6.07, 6.45) is 0. The minimum atomic E-state index is -2.93. The number of nitrogens with zero attached hydrogens (tertiary/aromatic N) is 2. The predicted octanol–water partition coefficient (Wildman–Crippen LogP) is 3.60. The third-order valence-electron chi connectivity index (χ3n) is 3.85. The number of benzene rings is 2. The van der Waals surface area contributed by atoms with Crippen molar-refractivity contribution in [2.24, 2.45) is 0 Å². The molecule has 3 aromatic rings. The van der Waals surface area contributed by atoms with Crippen LogP contribution in [0.4, 0.5) is 8.78 Å². The van der Waals surface area contributed by atoms with E-state index < -0.39 is 6.61 Å². The maximum absolute atomic E-state index is 13.1. The Bertz CT molecular complexity index is 1070. The summed E-state index contributed by atoms with van der Waals surface area (Å²) in [5.74, 6) is -0.120. The average Bonchev–Trinajstić information content (AvgIpc) is 2.66. The van der Waals surface area contributed by atoms with Gasteiger partial charge in [0.05, 0.1) is 22.3 Å². The highest BCUT2D eigenvalue weighted by molar-refractivity contribution is 7.99. The van der Waals surface area contributed by atoms with Gasteiger partial charge in [0.1, 0.15) is 5.75 Å². The van der Waals surface area contributed by atoms with Crippen LogP contribution in [-0.2, 0) is 4.79 Å². The van der Waals surface area contributed by atoms with Crippen LogP contribution >= 0.6 is 11.8 Å². The van der Waals surface area contributed by atoms with Gasteiger partial charge in [0.25, 0.3) is 5.56 Å². The number of para-hydroxylation sites is 1. The molecule has 1 aromatic heterocycles. The van der Waals surface area contributed by atoms with Crippen LogP contribution in [-0.4, -0.2) is 33.9 Å². The van der Waals surface area contributed by atoms with E-state index >= 15 is 0 Å². The zero-order chi connectivity index (χ0) is 21.0. The number of carbonyl (C=O) groups excluding carboxylic acids is 1. The Morgan fingerprint density at radius 2 is 1.86 bits per heavy atom. The lowest BCUT2D eigenvalue weighted by atomic mass is 10.2. The molecule has 0 spiro atoms. The highest BCUT2D eigenvalue weighted by Crippen LogP contribution is 2.23. The van der Waals surface area contributed by atoms with Gasteiger partial charge in [-0.15, -0.1) is 0 Å². The van der Waals surface area contributed by atoms with E-state index in [2.05, 4.69) is 15.0 Å². The van der Waals surface area contributed by atoms with Crippen LogP contribution in [0.1, 0.15) is 13.8 Å². The number of aromatic nitrogens is 2. The molecule has 1 N–H and O–H groups in total. The summed E-state index contributed by atoms with van der Waals surface area (Å²) in [5, 5.41) is 3.53. The van der Waals surface area contributed by atoms with E-state index in [4.69, 9.17) is 0 Å².